The van der Waals surface area contributed by atoms with Crippen LogP contribution in [0.15, 0.2) is 30.3 Å². The Morgan fingerprint density at radius 2 is 1.81 bits per heavy atom. The molecule has 26 heavy (non-hydrogen) atoms. The number of nitrogens with one attached hydrogen (secondary N) is 2. The van der Waals surface area contributed by atoms with E-state index in [0.717, 1.165) is 0 Å². The van der Waals surface area contributed by atoms with E-state index in [1.807, 2.05) is 0 Å². The number of methoxy groups -OCH3 is 1. The largest absolute Gasteiger partial charge is 0.481 e. The summed E-state index contributed by atoms with van der Waals surface area (Å²) in [5, 5.41) is 13.5. The Kier molecular flexibility index (Phi) is 5.86. The maximum atomic E-state index is 12.1. The molecule has 0 spiro atoms. The van der Waals surface area contributed by atoms with Crippen molar-refractivity contribution in [2.75, 3.05) is 12.4 Å². The Hall–Kier alpha value is -3.47. The summed E-state index contributed by atoms with van der Waals surface area (Å²) < 4.78 is 27.9. The molecule has 3 N–H and O–H groups in total. The fourth-order valence-corrected chi connectivity index (χ4v) is 2.54. The third-order valence-corrected chi connectivity index (χ3v) is 3.72. The van der Waals surface area contributed by atoms with E-state index >= 15 is 0 Å². The van der Waals surface area contributed by atoms with E-state index in [1.54, 1.807) is 6.92 Å². The van der Waals surface area contributed by atoms with Crippen molar-refractivity contribution in [2.24, 2.45) is 0 Å². The van der Waals surface area contributed by atoms with Crippen LogP contribution in [-0.2, 0) is 10.3 Å². The number of carbonyl (C=O) groups is 2. The molecule has 0 aliphatic carbocycles. The first-order valence-electron chi connectivity index (χ1n) is 7.08. The lowest BCUT2D eigenvalue weighted by Gasteiger charge is -2.10. The number of urea groups is 1. The van der Waals surface area contributed by atoms with Gasteiger partial charge in [-0.3, -0.25) is 10.6 Å². The van der Waals surface area contributed by atoms with E-state index in [4.69, 9.17) is 4.74 Å². The van der Waals surface area contributed by atoms with Crippen LogP contribution in [0.25, 0.3) is 0 Å². The quantitative estimate of drug-likeness (QED) is 0.658. The van der Waals surface area contributed by atoms with Crippen molar-refractivity contribution in [3.8, 4) is 5.88 Å². The average Bonchev–Trinajstić information content (AvgIpc) is 2.58. The van der Waals surface area contributed by atoms with Gasteiger partial charge in [0.25, 0.3) is 0 Å². The van der Waals surface area contributed by atoms with Gasteiger partial charge in [-0.05, 0) is 13.0 Å². The number of rotatable bonds is 4. The van der Waals surface area contributed by atoms with E-state index in [2.05, 4.69) is 20.6 Å². The summed E-state index contributed by atoms with van der Waals surface area (Å²) in [5.74, 6) is -1.24. The Balaban J connectivity index is 2.30. The van der Waals surface area contributed by atoms with E-state index in [1.165, 1.54) is 37.4 Å². The molecule has 136 valence electrons. The highest BCUT2D eigenvalue weighted by Gasteiger charge is 2.18. The van der Waals surface area contributed by atoms with Crippen molar-refractivity contribution >= 4 is 33.2 Å². The number of aromatic carboxylic acids is 1. The lowest BCUT2D eigenvalue weighted by molar-refractivity contribution is 0.0696. The van der Waals surface area contributed by atoms with Gasteiger partial charge >= 0.3 is 12.0 Å². The molecule has 10 nitrogen and oxygen atoms in total. The Morgan fingerprint density at radius 1 is 1.15 bits per heavy atom. The molecule has 1 aromatic carbocycles. The van der Waals surface area contributed by atoms with Crippen LogP contribution in [0.5, 0.6) is 5.88 Å². The van der Waals surface area contributed by atoms with Gasteiger partial charge in [-0.15, -0.1) is 0 Å². The highest BCUT2D eigenvalue weighted by molar-refractivity contribution is 7.73. The molecular weight excluding hydrogens is 364 g/mol. The monoisotopic (exact) mass is 378 g/mol. The Bertz CT molecular complexity index is 995. The standard InChI is InChI=1S/C15H14N4O6S/c1-8-7-11(25-2)17-14(16-8)19-15(22)18-12(26(23)24)9-5-3-4-6-10(9)13(20)21/h3-7H,1-2H3,(H,20,21)(H2,16,17,18,19,22). The van der Waals surface area contributed by atoms with Crippen molar-refractivity contribution in [1.29, 1.82) is 0 Å². The molecule has 0 aliphatic rings. The number of anilines is 1. The van der Waals surface area contributed by atoms with Gasteiger partial charge in [-0.2, -0.15) is 13.4 Å². The minimum absolute atomic E-state index is 0.109. The van der Waals surface area contributed by atoms with Gasteiger partial charge in [-0.1, -0.05) is 18.2 Å². The van der Waals surface area contributed by atoms with Crippen LogP contribution in [0.3, 0.4) is 0 Å². The average molecular weight is 378 g/mol. The number of hydrogen-bond acceptors (Lipinski definition) is 7. The zero-order chi connectivity index (χ0) is 19.3. The highest BCUT2D eigenvalue weighted by Crippen LogP contribution is 2.12. The number of aryl methyl sites for hydroxylation is 1. The lowest BCUT2D eigenvalue weighted by Crippen LogP contribution is -2.36. The predicted octanol–water partition coefficient (Wildman–Crippen LogP) is 0.671. The van der Waals surface area contributed by atoms with E-state index in [-0.39, 0.29) is 23.0 Å². The molecular formula is C15H14N4O6S. The molecule has 0 atom stereocenters. The minimum atomic E-state index is -2.90. The molecule has 0 aliphatic heterocycles. The van der Waals surface area contributed by atoms with Crippen LogP contribution in [0, 0.1) is 6.92 Å². The number of ether oxygens (including phenoxy) is 1. The molecule has 2 rings (SSSR count). The number of hydrogen-bond donors (Lipinski definition) is 3. The Morgan fingerprint density at radius 3 is 2.38 bits per heavy atom. The zero-order valence-corrected chi connectivity index (χ0v) is 14.5. The van der Waals surface area contributed by atoms with Crippen LogP contribution >= 0.6 is 0 Å². The zero-order valence-electron chi connectivity index (χ0n) is 13.7. The number of benzene rings is 1. The number of nitrogens with zero attached hydrogens (tertiary/aromatic N) is 2. The number of carboxylic acids is 1. The van der Waals surface area contributed by atoms with Crippen molar-refractivity contribution in [3.63, 3.8) is 0 Å². The molecule has 0 fully saturated rings. The van der Waals surface area contributed by atoms with Gasteiger partial charge < -0.3 is 9.84 Å². The number of carboxylic acid groups (broad SMARTS) is 1. The molecule has 0 radical (unpaired) electrons. The van der Waals surface area contributed by atoms with Crippen LogP contribution in [0.2, 0.25) is 0 Å². The van der Waals surface area contributed by atoms with Crippen LogP contribution in [0.4, 0.5) is 10.7 Å². The molecule has 1 heterocycles. The second-order valence-corrected chi connectivity index (χ2v) is 5.75. The lowest BCUT2D eigenvalue weighted by atomic mass is 10.1. The van der Waals surface area contributed by atoms with Crippen LogP contribution < -0.4 is 15.4 Å². The van der Waals surface area contributed by atoms with Gasteiger partial charge in [0.2, 0.25) is 22.1 Å². The summed E-state index contributed by atoms with van der Waals surface area (Å²) >= 11 is 0. The fourth-order valence-electron chi connectivity index (χ4n) is 2.00. The van der Waals surface area contributed by atoms with Crippen molar-refractivity contribution in [2.45, 2.75) is 6.92 Å². The van der Waals surface area contributed by atoms with Gasteiger partial charge in [0.15, 0.2) is 4.99 Å². The summed E-state index contributed by atoms with van der Waals surface area (Å²) in [6, 6.07) is 5.95. The second kappa shape index (κ2) is 8.07. The third kappa shape index (κ3) is 4.54. The molecule has 11 heteroatoms. The fraction of sp³-hybridized carbons (Fsp3) is 0.133. The normalized spacial score (nSPS) is 9.92. The maximum Gasteiger partial charge on any atom is 0.336 e. The maximum absolute atomic E-state index is 12.1. The van der Waals surface area contributed by atoms with Gasteiger partial charge in [0, 0.05) is 17.3 Å². The molecule has 2 amide bonds. The second-order valence-electron chi connectivity index (χ2n) is 4.87. The predicted molar refractivity (Wildman–Crippen MR) is 91.9 cm³/mol. The topological polar surface area (TPSA) is 148 Å². The van der Waals surface area contributed by atoms with E-state index in [9.17, 15) is 23.1 Å². The van der Waals surface area contributed by atoms with Crippen molar-refractivity contribution < 1.29 is 27.9 Å². The van der Waals surface area contributed by atoms with Crippen LogP contribution in [-0.4, -0.2) is 47.6 Å². The van der Waals surface area contributed by atoms with Gasteiger partial charge in [-0.25, -0.2) is 14.6 Å². The van der Waals surface area contributed by atoms with Gasteiger partial charge in [0.05, 0.1) is 12.7 Å². The highest BCUT2D eigenvalue weighted by atomic mass is 32.2. The molecule has 0 bridgehead atoms. The first kappa shape index (κ1) is 18.9. The smallest absolute Gasteiger partial charge is 0.336 e. The Labute approximate surface area is 149 Å². The number of carbonyl (C=O) groups excluding carboxylic acids is 1. The summed E-state index contributed by atoms with van der Waals surface area (Å²) in [4.78, 5) is 30.6. The number of amides is 2. The minimum Gasteiger partial charge on any atom is -0.481 e. The first-order chi connectivity index (χ1) is 12.3. The summed E-state index contributed by atoms with van der Waals surface area (Å²) in [5.41, 5.74) is 0.0756. The summed E-state index contributed by atoms with van der Waals surface area (Å²) in [7, 11) is -1.51. The van der Waals surface area contributed by atoms with E-state index < -0.39 is 27.3 Å². The summed E-state index contributed by atoms with van der Waals surface area (Å²) in [6.45, 7) is 1.65. The molecule has 0 saturated heterocycles. The third-order valence-electron chi connectivity index (χ3n) is 3.06. The van der Waals surface area contributed by atoms with Gasteiger partial charge in [0.1, 0.15) is 0 Å². The number of aromatic nitrogens is 2. The van der Waals surface area contributed by atoms with Crippen LogP contribution in [0.1, 0.15) is 21.6 Å². The SMILES string of the molecule is COc1cc(C)nc(NC(=O)NC(c2ccccc2C(=O)O)=S(=O)=O)n1. The molecule has 2 aromatic rings. The first-order valence-corrected chi connectivity index (χ1v) is 8.16. The summed E-state index contributed by atoms with van der Waals surface area (Å²) in [6.07, 6.45) is 0. The van der Waals surface area contributed by atoms with Crippen molar-refractivity contribution in [3.05, 3.63) is 47.2 Å². The molecule has 1 aromatic heterocycles. The van der Waals surface area contributed by atoms with Crippen molar-refractivity contribution in [1.82, 2.24) is 15.3 Å². The molecule has 0 unspecified atom stereocenters. The molecule has 0 saturated carbocycles. The van der Waals surface area contributed by atoms with E-state index in [0.29, 0.717) is 5.69 Å².